The van der Waals surface area contributed by atoms with Gasteiger partial charge in [0, 0.05) is 35.1 Å². The minimum atomic E-state index is -0.507. The zero-order valence-corrected chi connectivity index (χ0v) is 17.5. The van der Waals surface area contributed by atoms with Gasteiger partial charge in [-0.25, -0.2) is 0 Å². The highest BCUT2D eigenvalue weighted by Crippen LogP contribution is 2.64. The molecule has 3 aliphatic rings. The first kappa shape index (κ1) is 20.2. The number of benzene rings is 2. The summed E-state index contributed by atoms with van der Waals surface area (Å²) in [4.78, 5) is 48.1. The Balaban J connectivity index is 1.44. The standard InChI is InChI=1S/C24H20O8/c1-11(25)9-29-13-3-5-15-17(7-13)31-23(27)21-19(15)22-20(21)16-6-4-14(30-10-12(2)26)8-18(16)32-24(22)28/h3-8,19-22H,9-10H2,1-2H3. The van der Waals surface area contributed by atoms with Crippen molar-refractivity contribution in [2.75, 3.05) is 13.2 Å². The molecule has 2 aliphatic heterocycles. The minimum absolute atomic E-state index is 0.0787. The summed E-state index contributed by atoms with van der Waals surface area (Å²) in [5.74, 6) is -1.30. The summed E-state index contributed by atoms with van der Waals surface area (Å²) in [7, 11) is 0. The highest BCUT2D eigenvalue weighted by Gasteiger charge is 2.64. The summed E-state index contributed by atoms with van der Waals surface area (Å²) in [6.45, 7) is 2.68. The van der Waals surface area contributed by atoms with E-state index in [2.05, 4.69) is 0 Å². The van der Waals surface area contributed by atoms with Crippen LogP contribution in [0.25, 0.3) is 0 Å². The van der Waals surface area contributed by atoms with E-state index in [-0.39, 0.29) is 36.6 Å². The Hall–Kier alpha value is -3.68. The zero-order chi connectivity index (χ0) is 22.6. The quantitative estimate of drug-likeness (QED) is 0.503. The monoisotopic (exact) mass is 436 g/mol. The van der Waals surface area contributed by atoms with E-state index < -0.39 is 23.8 Å². The van der Waals surface area contributed by atoms with Crippen LogP contribution in [-0.2, 0) is 19.2 Å². The lowest BCUT2D eigenvalue weighted by molar-refractivity contribution is -0.161. The van der Waals surface area contributed by atoms with Crippen molar-refractivity contribution in [1.29, 1.82) is 0 Å². The fourth-order valence-corrected chi connectivity index (χ4v) is 4.77. The lowest BCUT2D eigenvalue weighted by atomic mass is 9.51. The van der Waals surface area contributed by atoms with Crippen LogP contribution in [0.1, 0.15) is 36.8 Å². The molecule has 0 radical (unpaired) electrons. The molecule has 0 N–H and O–H groups in total. The van der Waals surface area contributed by atoms with Crippen molar-refractivity contribution in [3.63, 3.8) is 0 Å². The average molecular weight is 436 g/mol. The van der Waals surface area contributed by atoms with Crippen molar-refractivity contribution in [2.24, 2.45) is 11.8 Å². The fraction of sp³-hybridized carbons (Fsp3) is 0.333. The van der Waals surface area contributed by atoms with E-state index in [1.54, 1.807) is 36.4 Å². The minimum Gasteiger partial charge on any atom is -0.486 e. The summed E-state index contributed by atoms with van der Waals surface area (Å²) in [6, 6.07) is 10.1. The van der Waals surface area contributed by atoms with E-state index in [1.807, 2.05) is 0 Å². The maximum Gasteiger partial charge on any atom is 0.315 e. The number of esters is 2. The first-order valence-corrected chi connectivity index (χ1v) is 10.3. The molecule has 8 nitrogen and oxygen atoms in total. The maximum absolute atomic E-state index is 12.9. The molecule has 0 atom stereocenters. The van der Waals surface area contributed by atoms with Gasteiger partial charge in [-0.05, 0) is 26.0 Å². The third kappa shape index (κ3) is 3.23. The topological polar surface area (TPSA) is 105 Å². The van der Waals surface area contributed by atoms with Gasteiger partial charge in [-0.15, -0.1) is 0 Å². The first-order chi connectivity index (χ1) is 15.3. The van der Waals surface area contributed by atoms with E-state index in [9.17, 15) is 19.2 Å². The summed E-state index contributed by atoms with van der Waals surface area (Å²) in [5, 5.41) is 0. The van der Waals surface area contributed by atoms with Gasteiger partial charge in [0.15, 0.2) is 11.6 Å². The number of carbonyl (C=O) groups excluding carboxylic acids is 4. The molecule has 2 heterocycles. The van der Waals surface area contributed by atoms with Gasteiger partial charge in [0.1, 0.15) is 36.2 Å². The van der Waals surface area contributed by atoms with Gasteiger partial charge in [0.2, 0.25) is 0 Å². The molecule has 0 saturated heterocycles. The molecular weight excluding hydrogens is 416 g/mol. The van der Waals surface area contributed by atoms with Gasteiger partial charge in [0.25, 0.3) is 0 Å². The number of hydrogen-bond acceptors (Lipinski definition) is 8. The summed E-state index contributed by atoms with van der Waals surface area (Å²) < 4.78 is 22.0. The summed E-state index contributed by atoms with van der Waals surface area (Å²) >= 11 is 0. The molecular formula is C24H20O8. The van der Waals surface area contributed by atoms with Gasteiger partial charge in [-0.3, -0.25) is 19.2 Å². The van der Waals surface area contributed by atoms with Crippen molar-refractivity contribution in [1.82, 2.24) is 0 Å². The predicted octanol–water partition coefficient (Wildman–Crippen LogP) is 2.57. The number of carbonyl (C=O) groups is 4. The van der Waals surface area contributed by atoms with Crippen LogP contribution in [0.4, 0.5) is 0 Å². The van der Waals surface area contributed by atoms with Crippen LogP contribution >= 0.6 is 0 Å². The van der Waals surface area contributed by atoms with Crippen LogP contribution in [0.3, 0.4) is 0 Å². The second kappa shape index (κ2) is 7.47. The lowest BCUT2D eigenvalue weighted by Gasteiger charge is -2.53. The lowest BCUT2D eigenvalue weighted by Crippen LogP contribution is -2.56. The van der Waals surface area contributed by atoms with E-state index in [1.165, 1.54) is 13.8 Å². The fourth-order valence-electron chi connectivity index (χ4n) is 4.77. The maximum atomic E-state index is 12.9. The molecule has 2 aromatic rings. The Labute approximate surface area is 183 Å². The molecule has 0 bridgehead atoms. The Morgan fingerprint density at radius 3 is 1.50 bits per heavy atom. The molecule has 0 spiro atoms. The van der Waals surface area contributed by atoms with Crippen LogP contribution in [0.2, 0.25) is 0 Å². The van der Waals surface area contributed by atoms with Crippen molar-refractivity contribution in [3.8, 4) is 23.0 Å². The molecule has 0 amide bonds. The zero-order valence-electron chi connectivity index (χ0n) is 17.5. The van der Waals surface area contributed by atoms with Gasteiger partial charge in [0.05, 0.1) is 11.8 Å². The molecule has 1 fully saturated rings. The van der Waals surface area contributed by atoms with Crippen molar-refractivity contribution < 1.29 is 38.1 Å². The molecule has 2 aromatic carbocycles. The Morgan fingerprint density at radius 2 is 1.12 bits per heavy atom. The molecule has 1 saturated carbocycles. The second-order valence-corrected chi connectivity index (χ2v) is 8.33. The Morgan fingerprint density at radius 1 is 0.719 bits per heavy atom. The van der Waals surface area contributed by atoms with Gasteiger partial charge in [-0.1, -0.05) is 12.1 Å². The molecule has 5 rings (SSSR count). The number of hydrogen-bond donors (Lipinski definition) is 0. The van der Waals surface area contributed by atoms with Crippen LogP contribution in [0.5, 0.6) is 23.0 Å². The van der Waals surface area contributed by atoms with Crippen LogP contribution in [0, 0.1) is 11.8 Å². The van der Waals surface area contributed by atoms with Crippen molar-refractivity contribution in [2.45, 2.75) is 25.7 Å². The van der Waals surface area contributed by atoms with Crippen molar-refractivity contribution in [3.05, 3.63) is 47.5 Å². The predicted molar refractivity (Wildman–Crippen MR) is 109 cm³/mol. The number of ether oxygens (including phenoxy) is 4. The highest BCUT2D eigenvalue weighted by atomic mass is 16.5. The third-order valence-electron chi connectivity index (χ3n) is 6.09. The SMILES string of the molecule is CC(=O)COc1ccc2c(c1)OC(=O)C1C2C2C(=O)Oc3cc(OCC(C)=O)ccc3C12. The van der Waals surface area contributed by atoms with Gasteiger partial charge >= 0.3 is 11.9 Å². The molecule has 0 unspecified atom stereocenters. The van der Waals surface area contributed by atoms with E-state index >= 15 is 0 Å². The Kier molecular flexibility index (Phi) is 4.73. The molecule has 1 aliphatic carbocycles. The van der Waals surface area contributed by atoms with Gasteiger partial charge in [-0.2, -0.15) is 0 Å². The molecule has 8 heteroatoms. The normalized spacial score (nSPS) is 24.4. The second-order valence-electron chi connectivity index (χ2n) is 8.33. The number of fused-ring (bicyclic) bond motifs is 8. The first-order valence-electron chi connectivity index (χ1n) is 10.3. The smallest absolute Gasteiger partial charge is 0.315 e. The third-order valence-corrected chi connectivity index (χ3v) is 6.09. The Bertz CT molecular complexity index is 1070. The molecule has 32 heavy (non-hydrogen) atoms. The molecule has 0 aromatic heterocycles. The van der Waals surface area contributed by atoms with E-state index in [0.717, 1.165) is 11.1 Å². The van der Waals surface area contributed by atoms with Crippen LogP contribution in [0.15, 0.2) is 36.4 Å². The van der Waals surface area contributed by atoms with E-state index in [4.69, 9.17) is 18.9 Å². The van der Waals surface area contributed by atoms with Gasteiger partial charge < -0.3 is 18.9 Å². The van der Waals surface area contributed by atoms with Crippen LogP contribution < -0.4 is 18.9 Å². The highest BCUT2D eigenvalue weighted by molar-refractivity contribution is 5.91. The number of ketones is 2. The summed E-state index contributed by atoms with van der Waals surface area (Å²) in [6.07, 6.45) is 0. The molecule has 164 valence electrons. The van der Waals surface area contributed by atoms with Crippen molar-refractivity contribution >= 4 is 23.5 Å². The summed E-state index contributed by atoms with van der Waals surface area (Å²) in [5.41, 5.74) is 1.49. The number of Topliss-reactive ketones (excluding diaryl/α,β-unsaturated/α-hetero) is 2. The van der Waals surface area contributed by atoms with Crippen LogP contribution in [-0.4, -0.2) is 36.7 Å². The largest absolute Gasteiger partial charge is 0.486 e. The van der Waals surface area contributed by atoms with E-state index in [0.29, 0.717) is 23.0 Å². The average Bonchev–Trinajstić information content (AvgIpc) is 2.71. The number of rotatable bonds is 6.